The quantitative estimate of drug-likeness (QED) is 0.581. The molecule has 0 bridgehead atoms. The Balaban J connectivity index is 1.44. The van der Waals surface area contributed by atoms with Crippen LogP contribution in [-0.2, 0) is 0 Å². The van der Waals surface area contributed by atoms with Crippen LogP contribution in [-0.4, -0.2) is 38.2 Å². The maximum atomic E-state index is 6.49. The third-order valence-corrected chi connectivity index (χ3v) is 6.28. The first-order valence-corrected chi connectivity index (χ1v) is 11.0. The fourth-order valence-corrected chi connectivity index (χ4v) is 4.67. The lowest BCUT2D eigenvalue weighted by atomic mass is 9.95. The molecule has 6 rings (SSSR count). The zero-order valence-electron chi connectivity index (χ0n) is 18.5. The lowest BCUT2D eigenvalue weighted by Crippen LogP contribution is -2.33. The summed E-state index contributed by atoms with van der Waals surface area (Å²) in [5.74, 6) is 3.84. The van der Waals surface area contributed by atoms with Crippen molar-refractivity contribution in [3.8, 4) is 28.7 Å². The molecular formula is C26H24N2O5. The van der Waals surface area contributed by atoms with Gasteiger partial charge in [-0.2, -0.15) is 5.10 Å². The summed E-state index contributed by atoms with van der Waals surface area (Å²) in [6.45, 7) is 1.12. The van der Waals surface area contributed by atoms with Gasteiger partial charge in [0.15, 0.2) is 11.5 Å². The number of benzene rings is 3. The topological polar surface area (TPSA) is 61.8 Å². The SMILES string of the molecule is COc1ccc(OC)c([C@H]2Oc3ccccc3[C@H]3CC(c4ccc5c(c4)OCCO5)=NN32)c1. The molecule has 0 aromatic heterocycles. The molecular weight excluding hydrogens is 420 g/mol. The van der Waals surface area contributed by atoms with Gasteiger partial charge >= 0.3 is 0 Å². The van der Waals surface area contributed by atoms with E-state index >= 15 is 0 Å². The van der Waals surface area contributed by atoms with Crippen molar-refractivity contribution in [3.63, 3.8) is 0 Å². The summed E-state index contributed by atoms with van der Waals surface area (Å²) in [6.07, 6.45) is 0.299. The number of para-hydroxylation sites is 1. The summed E-state index contributed by atoms with van der Waals surface area (Å²) in [4.78, 5) is 0. The summed E-state index contributed by atoms with van der Waals surface area (Å²) in [5, 5.41) is 7.08. The minimum absolute atomic E-state index is 0.0408. The zero-order chi connectivity index (χ0) is 22.4. The number of hydrazone groups is 1. The fourth-order valence-electron chi connectivity index (χ4n) is 4.67. The molecule has 3 aromatic carbocycles. The lowest BCUT2D eigenvalue weighted by molar-refractivity contribution is -0.0204. The third-order valence-electron chi connectivity index (χ3n) is 6.28. The van der Waals surface area contributed by atoms with Gasteiger partial charge in [-0.15, -0.1) is 0 Å². The van der Waals surface area contributed by atoms with Crippen molar-refractivity contribution in [2.75, 3.05) is 27.4 Å². The highest BCUT2D eigenvalue weighted by molar-refractivity contribution is 6.02. The van der Waals surface area contributed by atoms with Gasteiger partial charge in [-0.05, 0) is 42.5 Å². The van der Waals surface area contributed by atoms with E-state index in [1.165, 1.54) is 0 Å². The number of hydrogen-bond donors (Lipinski definition) is 0. The molecule has 3 aliphatic rings. The largest absolute Gasteiger partial charge is 0.497 e. The maximum absolute atomic E-state index is 6.49. The van der Waals surface area contributed by atoms with E-state index in [0.717, 1.165) is 57.6 Å². The molecule has 0 spiro atoms. The van der Waals surface area contributed by atoms with Crippen LogP contribution < -0.4 is 23.7 Å². The molecule has 0 aliphatic carbocycles. The summed E-state index contributed by atoms with van der Waals surface area (Å²) in [6, 6.07) is 19.9. The second-order valence-corrected chi connectivity index (χ2v) is 8.12. The summed E-state index contributed by atoms with van der Waals surface area (Å²) in [7, 11) is 3.31. The smallest absolute Gasteiger partial charge is 0.217 e. The molecule has 0 radical (unpaired) electrons. The van der Waals surface area contributed by atoms with E-state index in [4.69, 9.17) is 28.8 Å². The van der Waals surface area contributed by atoms with Gasteiger partial charge in [0.25, 0.3) is 0 Å². The van der Waals surface area contributed by atoms with Crippen LogP contribution in [0, 0.1) is 0 Å². The molecule has 0 saturated carbocycles. The number of nitrogens with zero attached hydrogens (tertiary/aromatic N) is 2. The predicted octanol–water partition coefficient (Wildman–Crippen LogP) is 4.72. The van der Waals surface area contributed by atoms with Gasteiger partial charge < -0.3 is 23.7 Å². The monoisotopic (exact) mass is 444 g/mol. The molecule has 0 amide bonds. The van der Waals surface area contributed by atoms with Gasteiger partial charge in [0.05, 0.1) is 31.5 Å². The summed E-state index contributed by atoms with van der Waals surface area (Å²) >= 11 is 0. The average molecular weight is 444 g/mol. The number of fused-ring (bicyclic) bond motifs is 4. The molecule has 3 aromatic rings. The van der Waals surface area contributed by atoms with Crippen molar-refractivity contribution in [2.45, 2.75) is 18.7 Å². The molecule has 3 aliphatic heterocycles. The Bertz CT molecular complexity index is 1240. The van der Waals surface area contributed by atoms with Gasteiger partial charge in [-0.3, -0.25) is 0 Å². The molecule has 0 fully saturated rings. The number of hydrogen-bond acceptors (Lipinski definition) is 7. The van der Waals surface area contributed by atoms with Crippen molar-refractivity contribution in [1.29, 1.82) is 0 Å². The van der Waals surface area contributed by atoms with Crippen LogP contribution in [0.2, 0.25) is 0 Å². The second-order valence-electron chi connectivity index (χ2n) is 8.12. The van der Waals surface area contributed by atoms with E-state index in [9.17, 15) is 0 Å². The molecule has 168 valence electrons. The van der Waals surface area contributed by atoms with Gasteiger partial charge in [-0.1, -0.05) is 18.2 Å². The first-order valence-electron chi connectivity index (χ1n) is 11.0. The van der Waals surface area contributed by atoms with E-state index in [0.29, 0.717) is 13.2 Å². The van der Waals surface area contributed by atoms with Gasteiger partial charge in [0.2, 0.25) is 6.23 Å². The average Bonchev–Trinajstić information content (AvgIpc) is 3.33. The van der Waals surface area contributed by atoms with E-state index in [2.05, 4.69) is 6.07 Å². The number of rotatable bonds is 4. The van der Waals surface area contributed by atoms with Crippen LogP contribution in [0.25, 0.3) is 0 Å². The normalized spacial score (nSPS) is 20.3. The lowest BCUT2D eigenvalue weighted by Gasteiger charge is -2.38. The second kappa shape index (κ2) is 7.92. The number of ether oxygens (including phenoxy) is 5. The van der Waals surface area contributed by atoms with Crippen molar-refractivity contribution in [1.82, 2.24) is 5.01 Å². The van der Waals surface area contributed by atoms with Crippen LogP contribution in [0.5, 0.6) is 28.7 Å². The number of methoxy groups -OCH3 is 2. The van der Waals surface area contributed by atoms with Crippen LogP contribution in [0.1, 0.15) is 35.4 Å². The molecule has 0 saturated heterocycles. The Morgan fingerprint density at radius 2 is 1.70 bits per heavy atom. The van der Waals surface area contributed by atoms with Gasteiger partial charge in [0.1, 0.15) is 30.5 Å². The molecule has 7 heteroatoms. The molecule has 0 N–H and O–H groups in total. The van der Waals surface area contributed by atoms with Crippen LogP contribution in [0.15, 0.2) is 65.8 Å². The minimum atomic E-state index is -0.454. The highest BCUT2D eigenvalue weighted by Crippen LogP contribution is 2.49. The standard InChI is InChI=1S/C26H24N2O5/c1-29-17-8-10-22(30-2)19(14-17)26-28-21(18-5-3-4-6-23(18)33-26)15-20(27-28)16-7-9-24-25(13-16)32-12-11-31-24/h3-10,13-14,21,26H,11-12,15H2,1-2H3/t21-,26-/m1/s1. The van der Waals surface area contributed by atoms with Crippen molar-refractivity contribution < 1.29 is 23.7 Å². The summed E-state index contributed by atoms with van der Waals surface area (Å²) < 4.78 is 29.1. The maximum Gasteiger partial charge on any atom is 0.217 e. The van der Waals surface area contributed by atoms with Crippen molar-refractivity contribution >= 4 is 5.71 Å². The Morgan fingerprint density at radius 3 is 2.55 bits per heavy atom. The third kappa shape index (κ3) is 3.31. The van der Waals surface area contributed by atoms with Crippen molar-refractivity contribution in [3.05, 3.63) is 77.4 Å². The van der Waals surface area contributed by atoms with Gasteiger partial charge in [-0.25, -0.2) is 5.01 Å². The molecule has 3 heterocycles. The Kier molecular flexibility index (Phi) is 4.75. The highest BCUT2D eigenvalue weighted by atomic mass is 16.6. The van der Waals surface area contributed by atoms with E-state index in [1.54, 1.807) is 14.2 Å². The predicted molar refractivity (Wildman–Crippen MR) is 123 cm³/mol. The van der Waals surface area contributed by atoms with Gasteiger partial charge in [0, 0.05) is 17.5 Å². The Labute approximate surface area is 192 Å². The van der Waals surface area contributed by atoms with Crippen LogP contribution in [0.3, 0.4) is 0 Å². The first-order chi connectivity index (χ1) is 16.2. The highest BCUT2D eigenvalue weighted by Gasteiger charge is 2.42. The Morgan fingerprint density at radius 1 is 0.848 bits per heavy atom. The minimum Gasteiger partial charge on any atom is -0.497 e. The van der Waals surface area contributed by atoms with E-state index in [1.807, 2.05) is 59.6 Å². The fraction of sp³-hybridized carbons (Fsp3) is 0.269. The van der Waals surface area contributed by atoms with E-state index in [-0.39, 0.29) is 6.04 Å². The van der Waals surface area contributed by atoms with Crippen LogP contribution >= 0.6 is 0 Å². The van der Waals surface area contributed by atoms with Crippen molar-refractivity contribution in [2.24, 2.45) is 5.10 Å². The Hall–Kier alpha value is -3.87. The van der Waals surface area contributed by atoms with E-state index < -0.39 is 6.23 Å². The zero-order valence-corrected chi connectivity index (χ0v) is 18.5. The first kappa shape index (κ1) is 19.8. The molecule has 0 unspecified atom stereocenters. The molecule has 7 nitrogen and oxygen atoms in total. The molecule has 33 heavy (non-hydrogen) atoms. The van der Waals surface area contributed by atoms with Crippen LogP contribution in [0.4, 0.5) is 0 Å². The molecule has 2 atom stereocenters. The summed E-state index contributed by atoms with van der Waals surface area (Å²) in [5.41, 5.74) is 3.97.